The molecule has 2 atom stereocenters. The zero-order valence-corrected chi connectivity index (χ0v) is 21.5. The van der Waals surface area contributed by atoms with Crippen LogP contribution in [0.2, 0.25) is 0 Å². The third kappa shape index (κ3) is 8.04. The van der Waals surface area contributed by atoms with Crippen molar-refractivity contribution in [2.45, 2.75) is 77.7 Å². The average molecular weight is 550 g/mol. The van der Waals surface area contributed by atoms with Gasteiger partial charge < -0.3 is 26.6 Å². The monoisotopic (exact) mass is 549 g/mol. The number of anilines is 3. The first-order valence-corrected chi connectivity index (χ1v) is 13.0. The van der Waals surface area contributed by atoms with Crippen LogP contribution in [0.15, 0.2) is 30.5 Å². The predicted octanol–water partition coefficient (Wildman–Crippen LogP) is 4.46. The van der Waals surface area contributed by atoms with E-state index >= 15 is 0 Å². The Morgan fingerprint density at radius 3 is 2.38 bits per heavy atom. The zero-order chi connectivity index (χ0) is 27.3. The minimum atomic E-state index is -4.67. The molecule has 5 N–H and O–H groups in total. The molecule has 39 heavy (non-hydrogen) atoms. The first-order valence-electron chi connectivity index (χ1n) is 13.0. The largest absolute Gasteiger partial charge is 0.421 e. The second kappa shape index (κ2) is 13.1. The van der Waals surface area contributed by atoms with Crippen LogP contribution >= 0.6 is 0 Å². The Morgan fingerprint density at radius 1 is 1.05 bits per heavy atom. The van der Waals surface area contributed by atoms with Crippen LogP contribution in [-0.2, 0) is 11.0 Å². The number of carbonyl (C=O) groups excluding carboxylic acids is 2. The summed E-state index contributed by atoms with van der Waals surface area (Å²) in [7, 11) is 0. The lowest BCUT2D eigenvalue weighted by Gasteiger charge is -2.24. The molecule has 1 saturated carbocycles. The zero-order valence-electron chi connectivity index (χ0n) is 21.5. The number of nitrogens with one attached hydrogen (secondary N) is 5. The Labute approximate surface area is 227 Å². The maximum atomic E-state index is 13.7. The van der Waals surface area contributed by atoms with E-state index in [0.29, 0.717) is 24.1 Å². The molecule has 0 bridgehead atoms. The summed E-state index contributed by atoms with van der Waals surface area (Å²) >= 11 is 0. The number of amides is 2. The van der Waals surface area contributed by atoms with Crippen LogP contribution in [0, 0.1) is 5.92 Å². The lowest BCUT2D eigenvalue weighted by Crippen LogP contribution is -2.42. The standard InChI is InChI=1S/C26H34F3N7O2.CH4/c1-15(2)32-24(38)19-4-3-5-21(19)35-22-20(26(27,28)29)14-31-25(36-22)34-17-8-6-16(7-9-17)23(37)33-18-10-12-30-13-11-18;/h6-9,14-15,18-19,21,30H,3-5,10-13H2,1-2H3,(H,32,38)(H,33,37)(H2,31,34,35,36);1H4/t19-,21+;/m0./s1. The van der Waals surface area contributed by atoms with E-state index < -0.39 is 23.7 Å². The van der Waals surface area contributed by atoms with E-state index in [-0.39, 0.29) is 43.1 Å². The molecule has 0 spiro atoms. The number of carbonyl (C=O) groups is 2. The summed E-state index contributed by atoms with van der Waals surface area (Å²) < 4.78 is 41.2. The molecule has 2 amide bonds. The van der Waals surface area contributed by atoms with E-state index in [9.17, 15) is 22.8 Å². The third-order valence-corrected chi connectivity index (χ3v) is 6.78. The second-order valence-corrected chi connectivity index (χ2v) is 10.1. The number of benzene rings is 1. The van der Waals surface area contributed by atoms with Crippen molar-refractivity contribution in [2.24, 2.45) is 5.92 Å². The molecule has 4 rings (SSSR count). The first-order chi connectivity index (χ1) is 18.1. The Bertz CT molecular complexity index is 1120. The summed E-state index contributed by atoms with van der Waals surface area (Å²) in [6.07, 6.45) is -0.321. The maximum Gasteiger partial charge on any atom is 0.421 e. The maximum absolute atomic E-state index is 13.7. The van der Waals surface area contributed by atoms with Gasteiger partial charge in [0.1, 0.15) is 11.4 Å². The third-order valence-electron chi connectivity index (χ3n) is 6.78. The van der Waals surface area contributed by atoms with Gasteiger partial charge in [-0.15, -0.1) is 0 Å². The SMILES string of the molecule is C.CC(C)NC(=O)[C@H]1CCC[C@H]1Nc1nc(Nc2ccc(C(=O)NC3CCNCC3)cc2)ncc1C(F)(F)F. The van der Waals surface area contributed by atoms with Gasteiger partial charge in [0.15, 0.2) is 0 Å². The van der Waals surface area contributed by atoms with Gasteiger partial charge in [-0.05, 0) is 76.9 Å². The number of hydrogen-bond acceptors (Lipinski definition) is 7. The van der Waals surface area contributed by atoms with Crippen LogP contribution in [0.3, 0.4) is 0 Å². The highest BCUT2D eigenvalue weighted by Gasteiger charge is 2.39. The van der Waals surface area contributed by atoms with Gasteiger partial charge in [-0.2, -0.15) is 18.2 Å². The number of halogens is 3. The van der Waals surface area contributed by atoms with Crippen LogP contribution in [0.5, 0.6) is 0 Å². The number of alkyl halides is 3. The Hall–Kier alpha value is -3.41. The van der Waals surface area contributed by atoms with Crippen molar-refractivity contribution in [3.8, 4) is 0 Å². The van der Waals surface area contributed by atoms with Crippen LogP contribution < -0.4 is 26.6 Å². The molecule has 2 aromatic rings. The summed E-state index contributed by atoms with van der Waals surface area (Å²) in [5.41, 5.74) is 0.00352. The summed E-state index contributed by atoms with van der Waals surface area (Å²) in [5.74, 6) is -1.21. The molecule has 9 nitrogen and oxygen atoms in total. The summed E-state index contributed by atoms with van der Waals surface area (Å²) in [6.45, 7) is 5.41. The molecular formula is C27H38F3N7O2. The fourth-order valence-corrected chi connectivity index (χ4v) is 4.84. The summed E-state index contributed by atoms with van der Waals surface area (Å²) in [4.78, 5) is 33.1. The van der Waals surface area contributed by atoms with Crippen molar-refractivity contribution in [3.63, 3.8) is 0 Å². The first kappa shape index (κ1) is 30.1. The van der Waals surface area contributed by atoms with Gasteiger partial charge in [0, 0.05) is 35.6 Å². The van der Waals surface area contributed by atoms with Gasteiger partial charge in [-0.3, -0.25) is 9.59 Å². The molecule has 2 aliphatic rings. The molecule has 0 radical (unpaired) electrons. The van der Waals surface area contributed by atoms with Gasteiger partial charge in [0.25, 0.3) is 5.91 Å². The Kier molecular flexibility index (Phi) is 10.1. The molecule has 1 saturated heterocycles. The number of rotatable bonds is 8. The number of hydrogen-bond donors (Lipinski definition) is 5. The quantitative estimate of drug-likeness (QED) is 0.330. The number of aromatic nitrogens is 2. The van der Waals surface area contributed by atoms with Crippen LogP contribution in [0.4, 0.5) is 30.6 Å². The fourth-order valence-electron chi connectivity index (χ4n) is 4.84. The fraction of sp³-hybridized carbons (Fsp3) is 0.556. The van der Waals surface area contributed by atoms with Gasteiger partial charge in [0.05, 0.1) is 5.92 Å². The van der Waals surface area contributed by atoms with Crippen LogP contribution in [-0.4, -0.2) is 53.0 Å². The molecule has 2 heterocycles. The molecule has 2 fully saturated rings. The van der Waals surface area contributed by atoms with Gasteiger partial charge in [-0.25, -0.2) is 4.98 Å². The molecule has 1 aliphatic carbocycles. The minimum absolute atomic E-state index is 0. The second-order valence-electron chi connectivity index (χ2n) is 10.1. The highest BCUT2D eigenvalue weighted by molar-refractivity contribution is 5.94. The molecule has 0 unspecified atom stereocenters. The van der Waals surface area contributed by atoms with Crippen molar-refractivity contribution in [2.75, 3.05) is 23.7 Å². The average Bonchev–Trinajstić information content (AvgIpc) is 3.32. The topological polar surface area (TPSA) is 120 Å². The lowest BCUT2D eigenvalue weighted by molar-refractivity contribution is -0.137. The number of piperidine rings is 1. The van der Waals surface area contributed by atoms with Crippen molar-refractivity contribution < 1.29 is 22.8 Å². The number of nitrogens with zero attached hydrogens (tertiary/aromatic N) is 2. The van der Waals surface area contributed by atoms with E-state index in [0.717, 1.165) is 38.5 Å². The molecule has 12 heteroatoms. The Balaban J connectivity index is 0.00000420. The Morgan fingerprint density at radius 2 is 1.74 bits per heavy atom. The van der Waals surface area contributed by atoms with E-state index in [4.69, 9.17) is 0 Å². The van der Waals surface area contributed by atoms with Gasteiger partial charge in [0.2, 0.25) is 11.9 Å². The normalized spacial score (nSPS) is 19.7. The highest BCUT2D eigenvalue weighted by atomic mass is 19.4. The molecule has 214 valence electrons. The summed E-state index contributed by atoms with van der Waals surface area (Å²) in [6, 6.07) is 6.16. The van der Waals surface area contributed by atoms with Crippen molar-refractivity contribution in [1.29, 1.82) is 0 Å². The highest BCUT2D eigenvalue weighted by Crippen LogP contribution is 2.36. The van der Waals surface area contributed by atoms with Crippen molar-refractivity contribution >= 4 is 29.3 Å². The van der Waals surface area contributed by atoms with Gasteiger partial charge in [-0.1, -0.05) is 13.8 Å². The van der Waals surface area contributed by atoms with E-state index in [1.807, 2.05) is 13.8 Å². The van der Waals surface area contributed by atoms with Crippen molar-refractivity contribution in [3.05, 3.63) is 41.6 Å². The van der Waals surface area contributed by atoms with E-state index in [1.54, 1.807) is 24.3 Å². The van der Waals surface area contributed by atoms with E-state index in [1.165, 1.54) is 0 Å². The summed E-state index contributed by atoms with van der Waals surface area (Å²) in [5, 5.41) is 14.9. The van der Waals surface area contributed by atoms with E-state index in [2.05, 4.69) is 36.6 Å². The molecular weight excluding hydrogens is 511 g/mol. The lowest BCUT2D eigenvalue weighted by atomic mass is 10.0. The smallest absolute Gasteiger partial charge is 0.366 e. The van der Waals surface area contributed by atoms with Crippen LogP contribution in [0.1, 0.15) is 69.3 Å². The minimum Gasteiger partial charge on any atom is -0.366 e. The molecule has 1 aromatic carbocycles. The van der Waals surface area contributed by atoms with Gasteiger partial charge >= 0.3 is 6.18 Å². The predicted molar refractivity (Wildman–Crippen MR) is 145 cm³/mol. The molecule has 1 aromatic heterocycles. The molecule has 1 aliphatic heterocycles. The van der Waals surface area contributed by atoms with Crippen molar-refractivity contribution in [1.82, 2.24) is 25.9 Å². The van der Waals surface area contributed by atoms with Crippen LogP contribution in [0.25, 0.3) is 0 Å².